The maximum atomic E-state index is 13.4. The van der Waals surface area contributed by atoms with Gasteiger partial charge in [0, 0.05) is 17.0 Å². The number of phenolic OH excluding ortho intramolecular Hbond substituents is 1. The Balaban J connectivity index is 1.94. The number of phenols is 1. The van der Waals surface area contributed by atoms with Gasteiger partial charge in [0.2, 0.25) is 0 Å². The van der Waals surface area contributed by atoms with E-state index in [-0.39, 0.29) is 0 Å². The van der Waals surface area contributed by atoms with E-state index in [0.29, 0.717) is 28.3 Å². The van der Waals surface area contributed by atoms with Crippen molar-refractivity contribution in [2.24, 2.45) is 0 Å². The van der Waals surface area contributed by atoms with E-state index in [0.717, 1.165) is 0 Å². The van der Waals surface area contributed by atoms with Crippen molar-refractivity contribution in [3.05, 3.63) is 58.4 Å². The second-order valence-corrected chi connectivity index (χ2v) is 5.19. The molecule has 0 radical (unpaired) electrons. The van der Waals surface area contributed by atoms with Gasteiger partial charge >= 0.3 is 0 Å². The molecule has 0 spiro atoms. The molecule has 0 saturated heterocycles. The highest BCUT2D eigenvalue weighted by molar-refractivity contribution is 6.30. The molecule has 20 heavy (non-hydrogen) atoms. The Kier molecular flexibility index (Phi) is 3.28. The molecule has 1 heterocycles. The monoisotopic (exact) mass is 294 g/mol. The summed E-state index contributed by atoms with van der Waals surface area (Å²) < 4.78 is 19.2. The van der Waals surface area contributed by atoms with Crippen LogP contribution in [0.2, 0.25) is 5.02 Å². The third-order valence-electron chi connectivity index (χ3n) is 3.38. The molecule has 0 bridgehead atoms. The van der Waals surface area contributed by atoms with Gasteiger partial charge in [-0.2, -0.15) is 0 Å². The van der Waals surface area contributed by atoms with Gasteiger partial charge in [-0.15, -0.1) is 0 Å². The standard InChI is InChI=1S/C15H12ClFO3/c16-9-2-4-14-10(6-9)13(19)7-15(20-14)8-1-3-12(18)11(17)5-8/h1-6,13,15,18-19H,7H2/t13-,15?/m1/s1. The number of ether oxygens (including phenoxy) is 1. The second-order valence-electron chi connectivity index (χ2n) is 4.75. The summed E-state index contributed by atoms with van der Waals surface area (Å²) in [5, 5.41) is 19.9. The largest absolute Gasteiger partial charge is 0.505 e. The number of rotatable bonds is 1. The Hall–Kier alpha value is -1.78. The van der Waals surface area contributed by atoms with Crippen LogP contribution in [0.5, 0.6) is 11.5 Å². The number of hydrogen-bond donors (Lipinski definition) is 2. The second kappa shape index (κ2) is 4.96. The van der Waals surface area contributed by atoms with E-state index >= 15 is 0 Å². The molecule has 0 saturated carbocycles. The first-order valence-corrected chi connectivity index (χ1v) is 6.55. The van der Waals surface area contributed by atoms with Gasteiger partial charge in [-0.1, -0.05) is 17.7 Å². The quantitative estimate of drug-likeness (QED) is 0.842. The normalized spacial score (nSPS) is 21.1. The summed E-state index contributed by atoms with van der Waals surface area (Å²) in [7, 11) is 0. The minimum atomic E-state index is -0.723. The molecule has 1 aliphatic rings. The molecule has 0 fully saturated rings. The van der Waals surface area contributed by atoms with Gasteiger partial charge in [-0.05, 0) is 35.9 Å². The molecule has 3 nitrogen and oxygen atoms in total. The van der Waals surface area contributed by atoms with Crippen molar-refractivity contribution in [3.63, 3.8) is 0 Å². The van der Waals surface area contributed by atoms with Crippen molar-refractivity contribution < 1.29 is 19.3 Å². The van der Waals surface area contributed by atoms with Crippen molar-refractivity contribution in [1.29, 1.82) is 0 Å². The number of aliphatic hydroxyl groups excluding tert-OH is 1. The van der Waals surface area contributed by atoms with Crippen molar-refractivity contribution in [1.82, 2.24) is 0 Å². The molecular formula is C15H12ClFO3. The van der Waals surface area contributed by atoms with E-state index in [4.69, 9.17) is 16.3 Å². The van der Waals surface area contributed by atoms with Crippen LogP contribution in [-0.2, 0) is 0 Å². The summed E-state index contributed by atoms with van der Waals surface area (Å²) in [5.74, 6) is -0.577. The van der Waals surface area contributed by atoms with Crippen LogP contribution in [0.4, 0.5) is 4.39 Å². The minimum Gasteiger partial charge on any atom is -0.505 e. The highest BCUT2D eigenvalue weighted by atomic mass is 35.5. The lowest BCUT2D eigenvalue weighted by atomic mass is 9.95. The molecule has 2 atom stereocenters. The molecule has 0 aliphatic carbocycles. The first kappa shape index (κ1) is 13.2. The van der Waals surface area contributed by atoms with Crippen LogP contribution in [0.1, 0.15) is 29.8 Å². The van der Waals surface area contributed by atoms with Gasteiger partial charge in [0.1, 0.15) is 11.9 Å². The van der Waals surface area contributed by atoms with Crippen molar-refractivity contribution >= 4 is 11.6 Å². The van der Waals surface area contributed by atoms with Crippen LogP contribution in [0.15, 0.2) is 36.4 Å². The maximum absolute atomic E-state index is 13.4. The fraction of sp³-hybridized carbons (Fsp3) is 0.200. The summed E-state index contributed by atoms with van der Waals surface area (Å²) in [6, 6.07) is 9.09. The van der Waals surface area contributed by atoms with Gasteiger partial charge in [-0.25, -0.2) is 4.39 Å². The fourth-order valence-electron chi connectivity index (χ4n) is 2.35. The number of fused-ring (bicyclic) bond motifs is 1. The number of aliphatic hydroxyl groups is 1. The Bertz CT molecular complexity index is 660. The summed E-state index contributed by atoms with van der Waals surface area (Å²) >= 11 is 5.89. The van der Waals surface area contributed by atoms with Crippen molar-refractivity contribution in [2.45, 2.75) is 18.6 Å². The van der Waals surface area contributed by atoms with Gasteiger partial charge < -0.3 is 14.9 Å². The average molecular weight is 295 g/mol. The SMILES string of the molecule is Oc1ccc(C2C[C@@H](O)c3cc(Cl)ccc3O2)cc1F. The first-order valence-electron chi connectivity index (χ1n) is 6.17. The lowest BCUT2D eigenvalue weighted by Crippen LogP contribution is -2.19. The van der Waals surface area contributed by atoms with Crippen LogP contribution in [0, 0.1) is 5.82 Å². The zero-order valence-corrected chi connectivity index (χ0v) is 11.1. The molecule has 2 N–H and O–H groups in total. The van der Waals surface area contributed by atoms with Crippen LogP contribution in [0.25, 0.3) is 0 Å². The third-order valence-corrected chi connectivity index (χ3v) is 3.62. The Morgan fingerprint density at radius 1 is 1.20 bits per heavy atom. The van der Waals surface area contributed by atoms with E-state index in [2.05, 4.69) is 0 Å². The molecule has 1 aliphatic heterocycles. The van der Waals surface area contributed by atoms with Gasteiger partial charge in [0.05, 0.1) is 6.10 Å². The summed E-state index contributed by atoms with van der Waals surface area (Å²) in [5.41, 5.74) is 1.20. The van der Waals surface area contributed by atoms with Crippen LogP contribution >= 0.6 is 11.6 Å². The fourth-order valence-corrected chi connectivity index (χ4v) is 2.53. The summed E-state index contributed by atoms with van der Waals surface area (Å²) in [6.45, 7) is 0. The van der Waals surface area contributed by atoms with Gasteiger partial charge in [0.15, 0.2) is 11.6 Å². The molecule has 104 valence electrons. The Morgan fingerprint density at radius 3 is 2.75 bits per heavy atom. The van der Waals surface area contributed by atoms with Crippen LogP contribution in [-0.4, -0.2) is 10.2 Å². The number of hydrogen-bond acceptors (Lipinski definition) is 3. The smallest absolute Gasteiger partial charge is 0.165 e. The van der Waals surface area contributed by atoms with Gasteiger partial charge in [-0.3, -0.25) is 0 Å². The Morgan fingerprint density at radius 2 is 2.00 bits per heavy atom. The van der Waals surface area contributed by atoms with Crippen molar-refractivity contribution in [3.8, 4) is 11.5 Å². The molecule has 5 heteroatoms. The highest BCUT2D eigenvalue weighted by Gasteiger charge is 2.28. The van der Waals surface area contributed by atoms with E-state index in [1.54, 1.807) is 24.3 Å². The average Bonchev–Trinajstić information content (AvgIpc) is 2.42. The first-order chi connectivity index (χ1) is 9.54. The molecular weight excluding hydrogens is 283 g/mol. The molecule has 0 aromatic heterocycles. The van der Waals surface area contributed by atoms with E-state index in [9.17, 15) is 14.6 Å². The lowest BCUT2D eigenvalue weighted by molar-refractivity contribution is 0.0656. The van der Waals surface area contributed by atoms with E-state index in [1.807, 2.05) is 0 Å². The van der Waals surface area contributed by atoms with Crippen LogP contribution in [0.3, 0.4) is 0 Å². The minimum absolute atomic E-state index is 0.303. The predicted molar refractivity (Wildman–Crippen MR) is 72.5 cm³/mol. The van der Waals surface area contributed by atoms with Crippen molar-refractivity contribution in [2.75, 3.05) is 0 Å². The zero-order chi connectivity index (χ0) is 14.3. The number of halogens is 2. The Labute approximate surface area is 120 Å². The lowest BCUT2D eigenvalue weighted by Gasteiger charge is -2.30. The molecule has 1 unspecified atom stereocenters. The highest BCUT2D eigenvalue weighted by Crippen LogP contribution is 2.42. The third kappa shape index (κ3) is 2.32. The zero-order valence-electron chi connectivity index (χ0n) is 10.4. The molecule has 2 aromatic rings. The van der Waals surface area contributed by atoms with E-state index < -0.39 is 23.8 Å². The molecule has 3 rings (SSSR count). The topological polar surface area (TPSA) is 49.7 Å². The summed E-state index contributed by atoms with van der Waals surface area (Å²) in [4.78, 5) is 0. The maximum Gasteiger partial charge on any atom is 0.165 e. The summed E-state index contributed by atoms with van der Waals surface area (Å²) in [6.07, 6.45) is -0.884. The molecule has 2 aromatic carbocycles. The van der Waals surface area contributed by atoms with Gasteiger partial charge in [0.25, 0.3) is 0 Å². The predicted octanol–water partition coefficient (Wildman–Crippen LogP) is 3.74. The van der Waals surface area contributed by atoms with Crippen LogP contribution < -0.4 is 4.74 Å². The number of aromatic hydroxyl groups is 1. The van der Waals surface area contributed by atoms with E-state index in [1.165, 1.54) is 12.1 Å². The molecule has 0 amide bonds. The number of benzene rings is 2.